The maximum Gasteiger partial charge on any atom is 0.264 e. The molecule has 1 aliphatic carbocycles. The Balaban J connectivity index is 1.50. The van der Waals surface area contributed by atoms with Gasteiger partial charge in [0.15, 0.2) is 0 Å². The van der Waals surface area contributed by atoms with Crippen molar-refractivity contribution in [3.63, 3.8) is 0 Å². The molecule has 1 amide bonds. The van der Waals surface area contributed by atoms with Crippen LogP contribution in [0.1, 0.15) is 47.2 Å². The van der Waals surface area contributed by atoms with Crippen LogP contribution in [0.4, 0.5) is 17.3 Å². The number of ether oxygens (including phenoxy) is 1. The van der Waals surface area contributed by atoms with Crippen molar-refractivity contribution in [2.24, 2.45) is 5.73 Å². The second-order valence-corrected chi connectivity index (χ2v) is 12.5. The summed E-state index contributed by atoms with van der Waals surface area (Å²) >= 11 is 0. The van der Waals surface area contributed by atoms with Crippen molar-refractivity contribution in [1.82, 2.24) is 9.97 Å². The molecule has 3 aromatic carbocycles. The molecule has 2 unspecified atom stereocenters. The molecule has 1 saturated carbocycles. The molecule has 1 aromatic heterocycles. The van der Waals surface area contributed by atoms with Gasteiger partial charge in [-0.15, -0.1) is 0 Å². The number of nitrogens with one attached hydrogen (secondary N) is 3. The Kier molecular flexibility index (Phi) is 7.29. The van der Waals surface area contributed by atoms with Crippen LogP contribution in [0.25, 0.3) is 11.3 Å². The summed E-state index contributed by atoms with van der Waals surface area (Å²) in [7, 11) is -4.11. The summed E-state index contributed by atoms with van der Waals surface area (Å²) in [6.45, 7) is 3.92. The highest BCUT2D eigenvalue weighted by atomic mass is 32.2. The largest absolute Gasteiger partial charge is 0.439 e. The summed E-state index contributed by atoms with van der Waals surface area (Å²) < 4.78 is 35.5. The number of aryl methyl sites for hydroxylation is 2. The van der Waals surface area contributed by atoms with Crippen molar-refractivity contribution in [2.75, 3.05) is 15.4 Å². The number of carbonyl (C=O) groups excluding carboxylic acids is 1. The average molecular weight is 585 g/mol. The molecule has 1 aliphatic heterocycles. The number of hydrogen-bond donors (Lipinski definition) is 4. The second kappa shape index (κ2) is 11.1. The molecule has 1 fully saturated rings. The number of aromatic nitrogens is 2. The van der Waals surface area contributed by atoms with Gasteiger partial charge in [-0.3, -0.25) is 4.79 Å². The zero-order valence-electron chi connectivity index (χ0n) is 23.3. The highest BCUT2D eigenvalue weighted by Crippen LogP contribution is 2.33. The minimum Gasteiger partial charge on any atom is -0.439 e. The third kappa shape index (κ3) is 5.65. The molecule has 5 N–H and O–H groups in total. The Morgan fingerprint density at radius 3 is 2.50 bits per heavy atom. The molecule has 42 heavy (non-hydrogen) atoms. The fourth-order valence-corrected chi connectivity index (χ4v) is 6.54. The van der Waals surface area contributed by atoms with Gasteiger partial charge in [0.2, 0.25) is 11.8 Å². The molecule has 10 nitrogen and oxygen atoms in total. The lowest BCUT2D eigenvalue weighted by Crippen LogP contribution is -2.42. The van der Waals surface area contributed by atoms with Gasteiger partial charge in [-0.05, 0) is 74.2 Å². The summed E-state index contributed by atoms with van der Waals surface area (Å²) in [6.07, 6.45) is 3.95. The van der Waals surface area contributed by atoms with E-state index in [0.29, 0.717) is 28.4 Å². The van der Waals surface area contributed by atoms with Gasteiger partial charge in [-0.25, -0.2) is 18.1 Å². The van der Waals surface area contributed by atoms with Crippen LogP contribution in [0.5, 0.6) is 11.6 Å². The number of benzene rings is 3. The van der Waals surface area contributed by atoms with Crippen LogP contribution >= 0.6 is 0 Å². The molecule has 11 heteroatoms. The minimum absolute atomic E-state index is 0.0199. The Bertz CT molecular complexity index is 1770. The van der Waals surface area contributed by atoms with Crippen LogP contribution in [0.15, 0.2) is 71.6 Å². The first-order valence-electron chi connectivity index (χ1n) is 13.9. The first-order valence-corrected chi connectivity index (χ1v) is 15.4. The fourth-order valence-electron chi connectivity index (χ4n) is 5.55. The Labute approximate surface area is 244 Å². The topological polar surface area (TPSA) is 148 Å². The predicted octanol–water partition coefficient (Wildman–Crippen LogP) is 5.60. The van der Waals surface area contributed by atoms with Gasteiger partial charge in [0.1, 0.15) is 5.75 Å². The molecule has 2 heterocycles. The van der Waals surface area contributed by atoms with Crippen LogP contribution in [-0.4, -0.2) is 36.4 Å². The van der Waals surface area contributed by atoms with E-state index in [1.165, 1.54) is 12.1 Å². The Hall–Kier alpha value is -4.48. The van der Waals surface area contributed by atoms with Crippen LogP contribution in [0.2, 0.25) is 0 Å². The third-order valence-electron chi connectivity index (χ3n) is 7.69. The van der Waals surface area contributed by atoms with E-state index < -0.39 is 15.9 Å². The number of nitrogens with zero attached hydrogens (tertiary/aromatic N) is 2. The smallest absolute Gasteiger partial charge is 0.264 e. The first kappa shape index (κ1) is 27.7. The lowest BCUT2D eigenvalue weighted by molar-refractivity contribution is 0.102. The lowest BCUT2D eigenvalue weighted by atomic mass is 9.90. The van der Waals surface area contributed by atoms with Gasteiger partial charge in [0.25, 0.3) is 15.9 Å². The maximum atomic E-state index is 13.6. The van der Waals surface area contributed by atoms with Gasteiger partial charge in [-0.1, -0.05) is 37.1 Å². The fraction of sp³-hybridized carbons (Fsp3) is 0.258. The van der Waals surface area contributed by atoms with Gasteiger partial charge in [0.05, 0.1) is 16.2 Å². The predicted molar refractivity (Wildman–Crippen MR) is 163 cm³/mol. The molecule has 2 aliphatic rings. The number of hydrogen-bond acceptors (Lipinski definition) is 8. The number of anilines is 3. The molecule has 0 radical (unpaired) electrons. The maximum absolute atomic E-state index is 13.6. The molecular weight excluding hydrogens is 552 g/mol. The van der Waals surface area contributed by atoms with Crippen molar-refractivity contribution >= 4 is 33.3 Å². The third-order valence-corrected chi connectivity index (χ3v) is 9.01. The highest BCUT2D eigenvalue weighted by Gasteiger charge is 2.25. The molecule has 6 rings (SSSR count). The molecule has 4 aromatic rings. The van der Waals surface area contributed by atoms with Crippen molar-refractivity contribution < 1.29 is 17.9 Å². The van der Waals surface area contributed by atoms with E-state index in [1.807, 2.05) is 32.0 Å². The number of fused-ring (bicyclic) bond motifs is 6. The molecule has 0 spiro atoms. The number of sulfonamides is 1. The SMILES string of the molecule is Cc1cccc(C)c1-c1cc2nc(n1)NS(=O)(=O)c1cccc(c1)NC(=O)c1cc(ccc1NC1CCCCC1N)O2. The summed E-state index contributed by atoms with van der Waals surface area (Å²) in [4.78, 5) is 22.5. The van der Waals surface area contributed by atoms with E-state index in [9.17, 15) is 13.2 Å². The lowest BCUT2D eigenvalue weighted by Gasteiger charge is -2.31. The summed E-state index contributed by atoms with van der Waals surface area (Å²) in [5, 5.41) is 6.30. The summed E-state index contributed by atoms with van der Waals surface area (Å²) in [6, 6.07) is 18.7. The summed E-state index contributed by atoms with van der Waals surface area (Å²) in [5.74, 6) is -0.0927. The van der Waals surface area contributed by atoms with E-state index in [4.69, 9.17) is 10.5 Å². The number of amides is 1. The monoisotopic (exact) mass is 584 g/mol. The van der Waals surface area contributed by atoms with Crippen LogP contribution in [-0.2, 0) is 10.0 Å². The van der Waals surface area contributed by atoms with E-state index in [-0.39, 0.29) is 28.8 Å². The second-order valence-electron chi connectivity index (χ2n) is 10.8. The Morgan fingerprint density at radius 1 is 0.952 bits per heavy atom. The highest BCUT2D eigenvalue weighted by molar-refractivity contribution is 7.92. The summed E-state index contributed by atoms with van der Waals surface area (Å²) in [5.41, 5.74) is 10.9. The van der Waals surface area contributed by atoms with Gasteiger partial charge in [0, 0.05) is 35.1 Å². The van der Waals surface area contributed by atoms with Crippen LogP contribution in [0, 0.1) is 13.8 Å². The van der Waals surface area contributed by atoms with E-state index in [0.717, 1.165) is 42.4 Å². The van der Waals surface area contributed by atoms with Crippen molar-refractivity contribution in [1.29, 1.82) is 0 Å². The van der Waals surface area contributed by atoms with Crippen molar-refractivity contribution in [2.45, 2.75) is 56.5 Å². The zero-order valence-corrected chi connectivity index (χ0v) is 24.2. The molecule has 6 bridgehead atoms. The first-order chi connectivity index (χ1) is 20.2. The molecular formula is C31H32N6O4S. The molecule has 0 saturated heterocycles. The standard InChI is InChI=1S/C31H32N6O4S/c1-18-7-5-8-19(2)29(18)27-17-28-36-31(35-27)37-42(39,40)22-10-6-9-20(15-22)33-30(38)23-16-21(41-28)13-14-25(23)34-26-12-4-3-11-24(26)32/h5-10,13-17,24,26,34H,3-4,11-12,32H2,1-2H3,(H,33,38)(H,35,36,37). The van der Waals surface area contributed by atoms with Crippen molar-refractivity contribution in [3.05, 3.63) is 83.4 Å². The van der Waals surface area contributed by atoms with E-state index >= 15 is 0 Å². The average Bonchev–Trinajstić information content (AvgIpc) is 2.94. The normalized spacial score (nSPS) is 19.5. The quantitative estimate of drug-likeness (QED) is 0.243. The van der Waals surface area contributed by atoms with E-state index in [2.05, 4.69) is 25.3 Å². The van der Waals surface area contributed by atoms with E-state index in [1.54, 1.807) is 36.4 Å². The van der Waals surface area contributed by atoms with Gasteiger partial charge < -0.3 is 21.1 Å². The van der Waals surface area contributed by atoms with Crippen LogP contribution in [0.3, 0.4) is 0 Å². The number of carbonyl (C=O) groups is 1. The zero-order chi connectivity index (χ0) is 29.4. The molecule has 2 atom stereocenters. The van der Waals surface area contributed by atoms with Gasteiger partial charge >= 0.3 is 0 Å². The molecule has 216 valence electrons. The van der Waals surface area contributed by atoms with Gasteiger partial charge in [-0.2, -0.15) is 4.98 Å². The Morgan fingerprint density at radius 2 is 1.71 bits per heavy atom. The minimum atomic E-state index is -4.11. The van der Waals surface area contributed by atoms with Crippen LogP contribution < -0.4 is 25.8 Å². The number of nitrogens with two attached hydrogens (primary N) is 1. The number of rotatable bonds is 3. The van der Waals surface area contributed by atoms with Crippen molar-refractivity contribution in [3.8, 4) is 22.9 Å².